The van der Waals surface area contributed by atoms with E-state index in [0.29, 0.717) is 27.1 Å². The predicted octanol–water partition coefficient (Wildman–Crippen LogP) is 8.45. The highest BCUT2D eigenvalue weighted by Gasteiger charge is 2.13. The highest BCUT2D eigenvalue weighted by Crippen LogP contribution is 2.33. The lowest BCUT2D eigenvalue weighted by Crippen LogP contribution is -1.91. The molecule has 0 bridgehead atoms. The van der Waals surface area contributed by atoms with E-state index in [-0.39, 0.29) is 11.6 Å². The Bertz CT molecular complexity index is 1160. The Morgan fingerprint density at radius 1 is 0.759 bits per heavy atom. The molecule has 4 aromatic rings. The Labute approximate surface area is 174 Å². The van der Waals surface area contributed by atoms with Crippen LogP contribution in [0.3, 0.4) is 0 Å². The Morgan fingerprint density at radius 2 is 1.48 bits per heavy atom. The number of halogens is 3. The molecule has 0 amide bonds. The summed E-state index contributed by atoms with van der Waals surface area (Å²) >= 11 is 5.91. The average molecular weight is 407 g/mol. The second-order valence-corrected chi connectivity index (χ2v) is 7.72. The van der Waals surface area contributed by atoms with E-state index in [9.17, 15) is 4.39 Å². The van der Waals surface area contributed by atoms with Gasteiger partial charge in [-0.2, -0.15) is 0 Å². The Hall–Kier alpha value is -2.71. The van der Waals surface area contributed by atoms with Crippen molar-refractivity contribution < 1.29 is 8.78 Å². The SMILES string of the molecule is CCCCc1ccc2c(F)c(-c3ccc(-c4ccc(Cl)cc4)c(F)c3)ccc2c1. The lowest BCUT2D eigenvalue weighted by molar-refractivity contribution is 0.630. The van der Waals surface area contributed by atoms with Gasteiger partial charge in [0.15, 0.2) is 0 Å². The first-order valence-electron chi connectivity index (χ1n) is 9.84. The van der Waals surface area contributed by atoms with Crippen molar-refractivity contribution >= 4 is 22.4 Å². The molecule has 0 N–H and O–H groups in total. The third-order valence-electron chi connectivity index (χ3n) is 5.27. The average Bonchev–Trinajstić information content (AvgIpc) is 2.73. The molecule has 0 saturated heterocycles. The van der Waals surface area contributed by atoms with Crippen LogP contribution in [0.5, 0.6) is 0 Å². The van der Waals surface area contributed by atoms with Gasteiger partial charge in [-0.3, -0.25) is 0 Å². The number of benzene rings is 4. The van der Waals surface area contributed by atoms with Gasteiger partial charge in [0.1, 0.15) is 11.6 Å². The minimum Gasteiger partial charge on any atom is -0.206 e. The number of aryl methyl sites for hydroxylation is 1. The second-order valence-electron chi connectivity index (χ2n) is 7.29. The second kappa shape index (κ2) is 8.34. The summed E-state index contributed by atoms with van der Waals surface area (Å²) in [5.41, 5.74) is 3.34. The van der Waals surface area contributed by atoms with E-state index < -0.39 is 0 Å². The summed E-state index contributed by atoms with van der Waals surface area (Å²) in [5, 5.41) is 2.03. The molecule has 0 aliphatic heterocycles. The smallest absolute Gasteiger partial charge is 0.138 e. The third-order valence-corrected chi connectivity index (χ3v) is 5.52. The van der Waals surface area contributed by atoms with Crippen LogP contribution in [0.1, 0.15) is 25.3 Å². The molecule has 0 saturated carbocycles. The molecule has 4 rings (SSSR count). The minimum atomic E-state index is -0.390. The third kappa shape index (κ3) is 4.04. The highest BCUT2D eigenvalue weighted by atomic mass is 35.5. The van der Waals surface area contributed by atoms with Gasteiger partial charge in [-0.05, 0) is 53.1 Å². The molecule has 3 heteroatoms. The Kier molecular flexibility index (Phi) is 5.64. The standard InChI is InChI=1S/C26H21ClF2/c1-2-3-4-17-5-12-23-19(15-17)9-14-24(26(23)29)20-8-13-22(25(28)16-20)18-6-10-21(27)11-7-18/h5-16H,2-4H2,1H3. The molecule has 0 aliphatic carbocycles. The van der Waals surface area contributed by atoms with Gasteiger partial charge in [-0.1, -0.05) is 79.5 Å². The van der Waals surface area contributed by atoms with Gasteiger partial charge >= 0.3 is 0 Å². The zero-order valence-corrected chi connectivity index (χ0v) is 16.9. The van der Waals surface area contributed by atoms with E-state index in [1.54, 1.807) is 42.5 Å². The van der Waals surface area contributed by atoms with Crippen molar-refractivity contribution in [3.05, 3.63) is 95.0 Å². The summed E-state index contributed by atoms with van der Waals surface area (Å²) in [6, 6.07) is 21.3. The molecular weight excluding hydrogens is 386 g/mol. The summed E-state index contributed by atoms with van der Waals surface area (Å²) in [6.07, 6.45) is 3.24. The van der Waals surface area contributed by atoms with Crippen LogP contribution in [0.15, 0.2) is 72.8 Å². The van der Waals surface area contributed by atoms with Gasteiger partial charge in [0.25, 0.3) is 0 Å². The fourth-order valence-corrected chi connectivity index (χ4v) is 3.77. The zero-order valence-electron chi connectivity index (χ0n) is 16.2. The largest absolute Gasteiger partial charge is 0.206 e. The Morgan fingerprint density at radius 3 is 2.21 bits per heavy atom. The molecule has 0 atom stereocenters. The Balaban J connectivity index is 1.71. The van der Waals surface area contributed by atoms with Gasteiger partial charge in [-0.15, -0.1) is 0 Å². The number of hydrogen-bond donors (Lipinski definition) is 0. The molecule has 0 fully saturated rings. The van der Waals surface area contributed by atoms with E-state index >= 15 is 4.39 Å². The lowest BCUT2D eigenvalue weighted by Gasteiger charge is -2.11. The first-order chi connectivity index (χ1) is 14.1. The van der Waals surface area contributed by atoms with Crippen LogP contribution in [0.25, 0.3) is 33.0 Å². The summed E-state index contributed by atoms with van der Waals surface area (Å²) < 4.78 is 30.0. The van der Waals surface area contributed by atoms with Crippen LogP contribution in [-0.4, -0.2) is 0 Å². The summed E-state index contributed by atoms with van der Waals surface area (Å²) in [6.45, 7) is 2.16. The number of unbranched alkanes of at least 4 members (excludes halogenated alkanes) is 1. The monoisotopic (exact) mass is 406 g/mol. The quantitative estimate of drug-likeness (QED) is 0.312. The maximum Gasteiger partial charge on any atom is 0.138 e. The predicted molar refractivity (Wildman–Crippen MR) is 118 cm³/mol. The minimum absolute atomic E-state index is 0.316. The van der Waals surface area contributed by atoms with E-state index in [2.05, 4.69) is 6.92 Å². The van der Waals surface area contributed by atoms with Crippen molar-refractivity contribution in [1.82, 2.24) is 0 Å². The van der Waals surface area contributed by atoms with Gasteiger partial charge in [-0.25, -0.2) is 8.78 Å². The summed E-state index contributed by atoms with van der Waals surface area (Å²) in [4.78, 5) is 0. The van der Waals surface area contributed by atoms with Crippen molar-refractivity contribution in [1.29, 1.82) is 0 Å². The van der Waals surface area contributed by atoms with Crippen molar-refractivity contribution in [2.75, 3.05) is 0 Å². The van der Waals surface area contributed by atoms with Crippen LogP contribution in [-0.2, 0) is 6.42 Å². The molecule has 0 spiro atoms. The number of fused-ring (bicyclic) bond motifs is 1. The molecule has 0 nitrogen and oxygen atoms in total. The van der Waals surface area contributed by atoms with Crippen molar-refractivity contribution in [2.24, 2.45) is 0 Å². The first kappa shape index (κ1) is 19.6. The van der Waals surface area contributed by atoms with E-state index in [0.717, 1.165) is 30.2 Å². The maximum atomic E-state index is 15.2. The molecule has 0 aromatic heterocycles. The maximum absolute atomic E-state index is 15.2. The summed E-state index contributed by atoms with van der Waals surface area (Å²) in [7, 11) is 0. The van der Waals surface area contributed by atoms with E-state index in [1.165, 1.54) is 11.6 Å². The number of rotatable bonds is 5. The van der Waals surface area contributed by atoms with Crippen LogP contribution < -0.4 is 0 Å². The van der Waals surface area contributed by atoms with Gasteiger partial charge in [0, 0.05) is 21.5 Å². The molecule has 0 radical (unpaired) electrons. The van der Waals surface area contributed by atoms with Crippen molar-refractivity contribution in [3.63, 3.8) is 0 Å². The van der Waals surface area contributed by atoms with Gasteiger partial charge in [0.05, 0.1) is 0 Å². The van der Waals surface area contributed by atoms with Gasteiger partial charge < -0.3 is 0 Å². The van der Waals surface area contributed by atoms with Crippen LogP contribution in [0.4, 0.5) is 8.78 Å². The first-order valence-corrected chi connectivity index (χ1v) is 10.2. The molecule has 146 valence electrons. The van der Waals surface area contributed by atoms with E-state index in [4.69, 9.17) is 11.6 Å². The van der Waals surface area contributed by atoms with Gasteiger partial charge in [0.2, 0.25) is 0 Å². The molecular formula is C26H21ClF2. The highest BCUT2D eigenvalue weighted by molar-refractivity contribution is 6.30. The fourth-order valence-electron chi connectivity index (χ4n) is 3.65. The fraction of sp³-hybridized carbons (Fsp3) is 0.154. The molecule has 29 heavy (non-hydrogen) atoms. The van der Waals surface area contributed by atoms with Crippen molar-refractivity contribution in [3.8, 4) is 22.3 Å². The van der Waals surface area contributed by atoms with Crippen LogP contribution in [0, 0.1) is 11.6 Å². The van der Waals surface area contributed by atoms with Crippen LogP contribution in [0.2, 0.25) is 5.02 Å². The van der Waals surface area contributed by atoms with Crippen molar-refractivity contribution in [2.45, 2.75) is 26.2 Å². The molecule has 4 aromatic carbocycles. The molecule has 0 aliphatic rings. The lowest BCUT2D eigenvalue weighted by atomic mass is 9.96. The van der Waals surface area contributed by atoms with E-state index in [1.807, 2.05) is 24.3 Å². The molecule has 0 unspecified atom stereocenters. The topological polar surface area (TPSA) is 0 Å². The molecule has 0 heterocycles. The van der Waals surface area contributed by atoms with Crippen LogP contribution >= 0.6 is 11.6 Å². The normalized spacial score (nSPS) is 11.2. The summed E-state index contributed by atoms with van der Waals surface area (Å²) in [5.74, 6) is -0.706. The zero-order chi connectivity index (χ0) is 20.4. The number of hydrogen-bond acceptors (Lipinski definition) is 0.